The Labute approximate surface area is 149 Å². The number of halogens is 1. The molecule has 0 bridgehead atoms. The van der Waals surface area contributed by atoms with Gasteiger partial charge in [0.1, 0.15) is 5.58 Å². The van der Waals surface area contributed by atoms with Crippen LogP contribution in [0.1, 0.15) is 22.5 Å². The van der Waals surface area contributed by atoms with E-state index in [4.69, 9.17) is 4.42 Å². The minimum atomic E-state index is -0.167. The van der Waals surface area contributed by atoms with E-state index in [-0.39, 0.29) is 5.91 Å². The monoisotopic (exact) mass is 386 g/mol. The summed E-state index contributed by atoms with van der Waals surface area (Å²) in [6.45, 7) is 3.30. The van der Waals surface area contributed by atoms with Crippen molar-refractivity contribution >= 4 is 38.5 Å². The van der Waals surface area contributed by atoms with E-state index in [9.17, 15) is 4.79 Å². The van der Waals surface area contributed by atoms with E-state index in [1.165, 1.54) is 0 Å². The number of amides is 1. The first-order chi connectivity index (χ1) is 11.6. The maximum absolute atomic E-state index is 12.3. The van der Waals surface area contributed by atoms with Crippen LogP contribution in [0.3, 0.4) is 0 Å². The molecule has 1 aromatic heterocycles. The van der Waals surface area contributed by atoms with Crippen LogP contribution in [0.5, 0.6) is 0 Å². The summed E-state index contributed by atoms with van der Waals surface area (Å²) in [5, 5.41) is 7.19. The molecule has 5 heteroatoms. The zero-order chi connectivity index (χ0) is 16.9. The number of aryl methyl sites for hydroxylation is 1. The SMILES string of the molecule is Cc1c(C(=O)NCCCNc2ccccc2)oc2ccc(Br)cc12. The highest BCUT2D eigenvalue weighted by atomic mass is 79.9. The molecular weight excluding hydrogens is 368 g/mol. The van der Waals surface area contributed by atoms with E-state index in [0.717, 1.165) is 39.7 Å². The number of hydrogen-bond donors (Lipinski definition) is 2. The van der Waals surface area contributed by atoms with Crippen molar-refractivity contribution in [3.8, 4) is 0 Å². The maximum atomic E-state index is 12.3. The van der Waals surface area contributed by atoms with Gasteiger partial charge in [0.2, 0.25) is 0 Å². The van der Waals surface area contributed by atoms with Gasteiger partial charge in [-0.2, -0.15) is 0 Å². The number of benzene rings is 2. The van der Waals surface area contributed by atoms with Crippen LogP contribution in [0.25, 0.3) is 11.0 Å². The molecule has 1 heterocycles. The number of fused-ring (bicyclic) bond motifs is 1. The van der Waals surface area contributed by atoms with Gasteiger partial charge >= 0.3 is 0 Å². The largest absolute Gasteiger partial charge is 0.451 e. The average molecular weight is 387 g/mol. The van der Waals surface area contributed by atoms with Gasteiger partial charge < -0.3 is 15.1 Å². The smallest absolute Gasteiger partial charge is 0.287 e. The Hall–Kier alpha value is -2.27. The highest BCUT2D eigenvalue weighted by Crippen LogP contribution is 2.27. The number of carbonyl (C=O) groups is 1. The van der Waals surface area contributed by atoms with Crippen molar-refractivity contribution in [1.29, 1.82) is 0 Å². The second kappa shape index (κ2) is 7.53. The van der Waals surface area contributed by atoms with Gasteiger partial charge in [-0.1, -0.05) is 34.1 Å². The van der Waals surface area contributed by atoms with Crippen molar-refractivity contribution in [1.82, 2.24) is 5.32 Å². The number of hydrogen-bond acceptors (Lipinski definition) is 3. The molecule has 0 unspecified atom stereocenters. The molecule has 0 aliphatic rings. The van der Waals surface area contributed by atoms with Crippen LogP contribution in [0, 0.1) is 6.92 Å². The molecule has 0 saturated heterocycles. The molecule has 124 valence electrons. The van der Waals surface area contributed by atoms with Crippen LogP contribution in [-0.2, 0) is 0 Å². The van der Waals surface area contributed by atoms with Crippen molar-refractivity contribution in [2.75, 3.05) is 18.4 Å². The molecule has 2 N–H and O–H groups in total. The lowest BCUT2D eigenvalue weighted by molar-refractivity contribution is 0.0927. The van der Waals surface area contributed by atoms with Gasteiger partial charge in [0, 0.05) is 34.2 Å². The number of rotatable bonds is 6. The molecule has 0 aliphatic heterocycles. The molecule has 0 atom stereocenters. The predicted octanol–water partition coefficient (Wildman–Crippen LogP) is 4.74. The summed E-state index contributed by atoms with van der Waals surface area (Å²) >= 11 is 3.44. The van der Waals surface area contributed by atoms with Crippen LogP contribution in [0.2, 0.25) is 0 Å². The lowest BCUT2D eigenvalue weighted by Crippen LogP contribution is -2.26. The predicted molar refractivity (Wildman–Crippen MR) is 101 cm³/mol. The van der Waals surface area contributed by atoms with E-state index in [1.807, 2.05) is 55.5 Å². The molecule has 0 spiro atoms. The third kappa shape index (κ3) is 3.79. The van der Waals surface area contributed by atoms with Crippen LogP contribution < -0.4 is 10.6 Å². The Kier molecular flexibility index (Phi) is 5.20. The minimum absolute atomic E-state index is 0.167. The van der Waals surface area contributed by atoms with Gasteiger partial charge in [-0.15, -0.1) is 0 Å². The Balaban J connectivity index is 1.53. The molecular formula is C19H19BrN2O2. The molecule has 1 amide bonds. The summed E-state index contributed by atoms with van der Waals surface area (Å²) in [7, 11) is 0. The minimum Gasteiger partial charge on any atom is -0.451 e. The molecule has 0 aliphatic carbocycles. The Morgan fingerprint density at radius 3 is 2.71 bits per heavy atom. The van der Waals surface area contributed by atoms with Crippen LogP contribution in [-0.4, -0.2) is 19.0 Å². The molecule has 2 aromatic carbocycles. The number of para-hydroxylation sites is 1. The van der Waals surface area contributed by atoms with E-state index < -0.39 is 0 Å². The van der Waals surface area contributed by atoms with Crippen LogP contribution >= 0.6 is 15.9 Å². The fourth-order valence-electron chi connectivity index (χ4n) is 2.57. The van der Waals surface area contributed by atoms with Crippen molar-refractivity contribution in [2.24, 2.45) is 0 Å². The summed E-state index contributed by atoms with van der Waals surface area (Å²) in [5.74, 6) is 0.221. The number of carbonyl (C=O) groups excluding carboxylic acids is 1. The standard InChI is InChI=1S/C19H19BrN2O2/c1-13-16-12-14(20)8-9-17(16)24-18(13)19(23)22-11-5-10-21-15-6-3-2-4-7-15/h2-4,6-9,12,21H,5,10-11H2,1H3,(H,22,23). The van der Waals surface area contributed by atoms with Gasteiger partial charge in [-0.25, -0.2) is 0 Å². The van der Waals surface area contributed by atoms with E-state index in [0.29, 0.717) is 12.3 Å². The van der Waals surface area contributed by atoms with Gasteiger partial charge in [0.15, 0.2) is 5.76 Å². The summed E-state index contributed by atoms with van der Waals surface area (Å²) in [6.07, 6.45) is 0.839. The van der Waals surface area contributed by atoms with Crippen molar-refractivity contribution in [3.63, 3.8) is 0 Å². The first kappa shape index (κ1) is 16.6. The number of anilines is 1. The lowest BCUT2D eigenvalue weighted by Gasteiger charge is -2.07. The second-order valence-corrected chi connectivity index (χ2v) is 6.51. The van der Waals surface area contributed by atoms with Gasteiger partial charge in [-0.05, 0) is 43.7 Å². The van der Waals surface area contributed by atoms with Gasteiger partial charge in [0.05, 0.1) is 0 Å². The fourth-order valence-corrected chi connectivity index (χ4v) is 2.93. The lowest BCUT2D eigenvalue weighted by atomic mass is 10.1. The third-order valence-electron chi connectivity index (χ3n) is 3.85. The fraction of sp³-hybridized carbons (Fsp3) is 0.211. The zero-order valence-electron chi connectivity index (χ0n) is 13.4. The molecule has 4 nitrogen and oxygen atoms in total. The number of nitrogens with one attached hydrogen (secondary N) is 2. The second-order valence-electron chi connectivity index (χ2n) is 5.60. The van der Waals surface area contributed by atoms with E-state index >= 15 is 0 Å². The Morgan fingerprint density at radius 2 is 1.92 bits per heavy atom. The summed E-state index contributed by atoms with van der Waals surface area (Å²) < 4.78 is 6.66. The average Bonchev–Trinajstić information content (AvgIpc) is 2.92. The molecule has 0 fully saturated rings. The maximum Gasteiger partial charge on any atom is 0.287 e. The van der Waals surface area contributed by atoms with E-state index in [1.54, 1.807) is 0 Å². The normalized spacial score (nSPS) is 10.8. The first-order valence-corrected chi connectivity index (χ1v) is 8.70. The summed E-state index contributed by atoms with van der Waals surface area (Å²) in [6, 6.07) is 15.8. The highest BCUT2D eigenvalue weighted by Gasteiger charge is 2.17. The molecule has 0 radical (unpaired) electrons. The quantitative estimate of drug-likeness (QED) is 0.601. The van der Waals surface area contributed by atoms with Crippen LogP contribution in [0.4, 0.5) is 5.69 Å². The molecule has 3 aromatic rings. The van der Waals surface area contributed by atoms with Crippen molar-refractivity contribution in [3.05, 3.63) is 64.3 Å². The molecule has 3 rings (SSSR count). The Morgan fingerprint density at radius 1 is 1.12 bits per heavy atom. The van der Waals surface area contributed by atoms with Crippen molar-refractivity contribution in [2.45, 2.75) is 13.3 Å². The van der Waals surface area contributed by atoms with Gasteiger partial charge in [0.25, 0.3) is 5.91 Å². The molecule has 0 saturated carbocycles. The summed E-state index contributed by atoms with van der Waals surface area (Å²) in [5.41, 5.74) is 2.68. The third-order valence-corrected chi connectivity index (χ3v) is 4.34. The van der Waals surface area contributed by atoms with Gasteiger partial charge in [-0.3, -0.25) is 4.79 Å². The first-order valence-electron chi connectivity index (χ1n) is 7.91. The van der Waals surface area contributed by atoms with Crippen molar-refractivity contribution < 1.29 is 9.21 Å². The van der Waals surface area contributed by atoms with E-state index in [2.05, 4.69) is 26.6 Å². The zero-order valence-corrected chi connectivity index (χ0v) is 15.0. The summed E-state index contributed by atoms with van der Waals surface area (Å²) in [4.78, 5) is 12.3. The topological polar surface area (TPSA) is 54.3 Å². The highest BCUT2D eigenvalue weighted by molar-refractivity contribution is 9.10. The van der Waals surface area contributed by atoms with Crippen LogP contribution in [0.15, 0.2) is 57.4 Å². The Bertz CT molecular complexity index is 843. The molecule has 24 heavy (non-hydrogen) atoms. The number of furan rings is 1.